The largest absolute Gasteiger partial charge is 0.369 e. The Morgan fingerprint density at radius 2 is 1.93 bits per heavy atom. The molecule has 0 spiro atoms. The van der Waals surface area contributed by atoms with Gasteiger partial charge in [-0.1, -0.05) is 20.8 Å². The molecule has 3 nitrogen and oxygen atoms in total. The molecule has 0 amide bonds. The number of nitrogens with zero attached hydrogens (tertiary/aromatic N) is 2. The summed E-state index contributed by atoms with van der Waals surface area (Å²) in [5, 5.41) is 3.29. The second-order valence-corrected chi connectivity index (χ2v) is 4.81. The van der Waals surface area contributed by atoms with Gasteiger partial charge in [0.2, 0.25) is 0 Å². The van der Waals surface area contributed by atoms with Crippen LogP contribution < -0.4 is 5.32 Å². The molecule has 1 N–H and O–H groups in total. The quantitative estimate of drug-likeness (QED) is 0.866. The van der Waals surface area contributed by atoms with Crippen LogP contribution in [0.2, 0.25) is 0 Å². The normalized spacial score (nSPS) is 10.8. The summed E-state index contributed by atoms with van der Waals surface area (Å²) in [4.78, 5) is 9.11. The molecule has 0 radical (unpaired) electrons. The van der Waals surface area contributed by atoms with Crippen molar-refractivity contribution < 1.29 is 0 Å². The molecule has 0 aliphatic rings. The molecule has 1 aromatic rings. The Hall–Kier alpha value is -0.390. The smallest absolute Gasteiger partial charge is 0.143 e. The van der Waals surface area contributed by atoms with E-state index in [1.165, 1.54) is 0 Å². The molecule has 0 unspecified atom stereocenters. The molecular formula is C11H18IN3. The zero-order chi connectivity index (χ0) is 11.4. The van der Waals surface area contributed by atoms with Gasteiger partial charge >= 0.3 is 0 Å². The van der Waals surface area contributed by atoms with Crippen LogP contribution in [0.4, 0.5) is 5.82 Å². The van der Waals surface area contributed by atoms with Crippen LogP contribution in [0.1, 0.15) is 45.1 Å². The number of halogens is 1. The molecule has 1 heterocycles. The Bertz CT molecular complexity index is 337. The minimum Gasteiger partial charge on any atom is -0.369 e. The lowest BCUT2D eigenvalue weighted by atomic mass is 10.2. The van der Waals surface area contributed by atoms with Gasteiger partial charge in [-0.3, -0.25) is 0 Å². The van der Waals surface area contributed by atoms with Crippen LogP contribution in [0.15, 0.2) is 0 Å². The fraction of sp³-hybridized carbons (Fsp3) is 0.636. The number of nitrogens with one attached hydrogen (secondary N) is 1. The topological polar surface area (TPSA) is 37.8 Å². The van der Waals surface area contributed by atoms with Crippen molar-refractivity contribution in [2.75, 3.05) is 11.9 Å². The van der Waals surface area contributed by atoms with Gasteiger partial charge in [0, 0.05) is 12.5 Å². The Labute approximate surface area is 105 Å². The number of anilines is 1. The fourth-order valence-corrected chi connectivity index (χ4v) is 2.10. The van der Waals surface area contributed by atoms with Crippen LogP contribution in [-0.4, -0.2) is 16.5 Å². The molecular weight excluding hydrogens is 301 g/mol. The summed E-state index contributed by atoms with van der Waals surface area (Å²) in [5.74, 6) is 2.29. The van der Waals surface area contributed by atoms with Crippen molar-refractivity contribution >= 4 is 28.4 Å². The average molecular weight is 319 g/mol. The Morgan fingerprint density at radius 3 is 2.40 bits per heavy atom. The molecule has 0 saturated heterocycles. The number of aryl methyl sites for hydroxylation is 1. The van der Waals surface area contributed by atoms with Crippen molar-refractivity contribution in [1.82, 2.24) is 9.97 Å². The molecule has 0 fully saturated rings. The third kappa shape index (κ3) is 3.03. The van der Waals surface area contributed by atoms with Crippen LogP contribution in [0.25, 0.3) is 0 Å². The van der Waals surface area contributed by atoms with Crippen molar-refractivity contribution in [2.45, 2.75) is 40.0 Å². The molecule has 1 aromatic heterocycles. The maximum atomic E-state index is 4.57. The van der Waals surface area contributed by atoms with Crippen molar-refractivity contribution in [3.8, 4) is 0 Å². The first-order chi connectivity index (χ1) is 7.10. The van der Waals surface area contributed by atoms with Crippen LogP contribution >= 0.6 is 22.6 Å². The lowest BCUT2D eigenvalue weighted by molar-refractivity contribution is 0.756. The van der Waals surface area contributed by atoms with Crippen LogP contribution in [-0.2, 0) is 6.42 Å². The first kappa shape index (κ1) is 12.7. The van der Waals surface area contributed by atoms with E-state index in [4.69, 9.17) is 0 Å². The van der Waals surface area contributed by atoms with Crippen molar-refractivity contribution in [3.05, 3.63) is 15.1 Å². The molecule has 0 aliphatic carbocycles. The van der Waals surface area contributed by atoms with E-state index in [-0.39, 0.29) is 0 Å². The third-order valence-electron chi connectivity index (χ3n) is 2.13. The molecule has 0 saturated carbocycles. The number of hydrogen-bond donors (Lipinski definition) is 1. The first-order valence-electron chi connectivity index (χ1n) is 5.40. The minimum absolute atomic E-state index is 0.379. The van der Waals surface area contributed by atoms with E-state index in [2.05, 4.69) is 65.6 Å². The van der Waals surface area contributed by atoms with Gasteiger partial charge in [-0.15, -0.1) is 0 Å². The van der Waals surface area contributed by atoms with Crippen LogP contribution in [0.5, 0.6) is 0 Å². The third-order valence-corrected chi connectivity index (χ3v) is 3.27. The predicted octanol–water partition coefficient (Wildman–Crippen LogP) is 3.20. The lowest BCUT2D eigenvalue weighted by Gasteiger charge is -2.12. The molecule has 1 rings (SSSR count). The van der Waals surface area contributed by atoms with Crippen LogP contribution in [0.3, 0.4) is 0 Å². The molecule has 0 aliphatic heterocycles. The lowest BCUT2D eigenvalue weighted by Crippen LogP contribution is -2.10. The number of rotatable bonds is 4. The van der Waals surface area contributed by atoms with Gasteiger partial charge in [0.05, 0.1) is 9.26 Å². The van der Waals surface area contributed by atoms with E-state index in [9.17, 15) is 0 Å². The highest BCUT2D eigenvalue weighted by Gasteiger charge is 2.12. The van der Waals surface area contributed by atoms with E-state index in [1.54, 1.807) is 0 Å². The molecule has 84 valence electrons. The number of aromatic nitrogens is 2. The molecule has 0 bridgehead atoms. The van der Waals surface area contributed by atoms with Gasteiger partial charge in [-0.25, -0.2) is 9.97 Å². The molecule has 0 aromatic carbocycles. The Morgan fingerprint density at radius 1 is 1.27 bits per heavy atom. The summed E-state index contributed by atoms with van der Waals surface area (Å²) >= 11 is 2.32. The molecule has 15 heavy (non-hydrogen) atoms. The van der Waals surface area contributed by atoms with Crippen molar-refractivity contribution in [3.63, 3.8) is 0 Å². The summed E-state index contributed by atoms with van der Waals surface area (Å²) in [6.07, 6.45) is 0.957. The first-order valence-corrected chi connectivity index (χ1v) is 6.48. The predicted molar refractivity (Wildman–Crippen MR) is 72.4 cm³/mol. The summed E-state index contributed by atoms with van der Waals surface area (Å²) in [7, 11) is 0. The van der Waals surface area contributed by atoms with E-state index in [1.807, 2.05) is 0 Å². The van der Waals surface area contributed by atoms with Gasteiger partial charge < -0.3 is 5.32 Å². The Balaban J connectivity index is 3.19. The summed E-state index contributed by atoms with van der Waals surface area (Å²) in [6.45, 7) is 9.35. The average Bonchev–Trinajstić information content (AvgIpc) is 2.21. The maximum absolute atomic E-state index is 4.57. The monoisotopic (exact) mass is 319 g/mol. The maximum Gasteiger partial charge on any atom is 0.143 e. The van der Waals surface area contributed by atoms with Gasteiger partial charge in [-0.05, 0) is 35.9 Å². The van der Waals surface area contributed by atoms with Crippen LogP contribution in [0, 0.1) is 3.57 Å². The van der Waals surface area contributed by atoms with Gasteiger partial charge in [0.25, 0.3) is 0 Å². The number of hydrogen-bond acceptors (Lipinski definition) is 3. The van der Waals surface area contributed by atoms with E-state index in [0.717, 1.165) is 33.9 Å². The zero-order valence-electron chi connectivity index (χ0n) is 9.76. The highest BCUT2D eigenvalue weighted by atomic mass is 127. The molecule has 0 atom stereocenters. The van der Waals surface area contributed by atoms with E-state index < -0.39 is 0 Å². The zero-order valence-corrected chi connectivity index (χ0v) is 11.9. The van der Waals surface area contributed by atoms with Gasteiger partial charge in [-0.2, -0.15) is 0 Å². The standard InChI is InChI=1S/C11H18IN3/c1-5-8-9(12)11(13-6-2)15-10(14-8)7(3)4/h7H,5-6H2,1-4H3,(H,13,14,15). The van der Waals surface area contributed by atoms with Gasteiger partial charge in [0.15, 0.2) is 0 Å². The molecule has 4 heteroatoms. The van der Waals surface area contributed by atoms with E-state index >= 15 is 0 Å². The van der Waals surface area contributed by atoms with Gasteiger partial charge in [0.1, 0.15) is 11.6 Å². The highest BCUT2D eigenvalue weighted by molar-refractivity contribution is 14.1. The van der Waals surface area contributed by atoms with Crippen molar-refractivity contribution in [1.29, 1.82) is 0 Å². The SMILES string of the molecule is CCNc1nc(C(C)C)nc(CC)c1I. The minimum atomic E-state index is 0.379. The second-order valence-electron chi connectivity index (χ2n) is 3.73. The highest BCUT2D eigenvalue weighted by Crippen LogP contribution is 2.22. The summed E-state index contributed by atoms with van der Waals surface area (Å²) in [6, 6.07) is 0. The van der Waals surface area contributed by atoms with E-state index in [0.29, 0.717) is 5.92 Å². The summed E-state index contributed by atoms with van der Waals surface area (Å²) < 4.78 is 1.15. The Kier molecular flexibility index (Phi) is 4.76. The van der Waals surface area contributed by atoms with Crippen molar-refractivity contribution in [2.24, 2.45) is 0 Å². The second kappa shape index (κ2) is 5.63. The summed E-state index contributed by atoms with van der Waals surface area (Å²) in [5.41, 5.74) is 1.14. The fourth-order valence-electron chi connectivity index (χ4n) is 1.29.